The first-order valence-corrected chi connectivity index (χ1v) is 7.08. The molecule has 1 heterocycles. The molecule has 7 heteroatoms. The van der Waals surface area contributed by atoms with Gasteiger partial charge in [-0.05, 0) is 30.7 Å². The molecule has 0 saturated carbocycles. The van der Waals surface area contributed by atoms with Gasteiger partial charge in [-0.15, -0.1) is 11.8 Å². The molecule has 0 radical (unpaired) electrons. The minimum absolute atomic E-state index is 0.332. The highest BCUT2D eigenvalue weighted by Crippen LogP contribution is 2.22. The zero-order valence-corrected chi connectivity index (χ0v) is 11.6. The summed E-state index contributed by atoms with van der Waals surface area (Å²) in [6.07, 6.45) is 0.527. The lowest BCUT2D eigenvalue weighted by Gasteiger charge is -2.06. The first-order chi connectivity index (χ1) is 9.60. The van der Waals surface area contributed by atoms with Gasteiger partial charge in [-0.25, -0.2) is 4.39 Å². The molecule has 0 spiro atoms. The number of rotatable bonds is 6. The van der Waals surface area contributed by atoms with Crippen molar-refractivity contribution >= 4 is 17.7 Å². The molecular weight excluding hydrogens is 283 g/mol. The molecule has 2 aromatic rings. The van der Waals surface area contributed by atoms with E-state index in [1.165, 1.54) is 23.9 Å². The SMILES string of the molecule is CCC(SCc1nc(-c2ccc(F)cc2)no1)C(=O)O. The van der Waals surface area contributed by atoms with E-state index in [2.05, 4.69) is 10.1 Å². The Hall–Kier alpha value is -1.89. The lowest BCUT2D eigenvalue weighted by Crippen LogP contribution is -2.15. The maximum Gasteiger partial charge on any atom is 0.316 e. The predicted molar refractivity (Wildman–Crippen MR) is 72.7 cm³/mol. The summed E-state index contributed by atoms with van der Waals surface area (Å²) in [7, 11) is 0. The van der Waals surface area contributed by atoms with Crippen LogP contribution in [0, 0.1) is 5.82 Å². The molecule has 5 nitrogen and oxygen atoms in total. The first-order valence-electron chi connectivity index (χ1n) is 6.03. The molecule has 1 unspecified atom stereocenters. The molecule has 106 valence electrons. The molecule has 0 bridgehead atoms. The van der Waals surface area contributed by atoms with Gasteiger partial charge in [0.15, 0.2) is 0 Å². The van der Waals surface area contributed by atoms with E-state index in [0.717, 1.165) is 0 Å². The van der Waals surface area contributed by atoms with Crippen molar-refractivity contribution in [2.75, 3.05) is 0 Å². The lowest BCUT2D eigenvalue weighted by molar-refractivity contribution is -0.136. The minimum atomic E-state index is -0.851. The van der Waals surface area contributed by atoms with Crippen LogP contribution in [0.5, 0.6) is 0 Å². The van der Waals surface area contributed by atoms with Gasteiger partial charge in [-0.2, -0.15) is 4.98 Å². The quantitative estimate of drug-likeness (QED) is 0.883. The summed E-state index contributed by atoms with van der Waals surface area (Å²) in [6.45, 7) is 1.81. The largest absolute Gasteiger partial charge is 0.480 e. The maximum absolute atomic E-state index is 12.8. The Kier molecular flexibility index (Phi) is 4.73. The molecule has 0 amide bonds. The number of thioether (sulfide) groups is 1. The van der Waals surface area contributed by atoms with Crippen molar-refractivity contribution in [3.05, 3.63) is 36.0 Å². The normalized spacial score (nSPS) is 12.3. The van der Waals surface area contributed by atoms with Crippen LogP contribution >= 0.6 is 11.8 Å². The van der Waals surface area contributed by atoms with Crippen molar-refractivity contribution < 1.29 is 18.8 Å². The fraction of sp³-hybridized carbons (Fsp3) is 0.308. The van der Waals surface area contributed by atoms with Crippen molar-refractivity contribution in [3.8, 4) is 11.4 Å². The van der Waals surface area contributed by atoms with E-state index >= 15 is 0 Å². The number of carbonyl (C=O) groups is 1. The van der Waals surface area contributed by atoms with Crippen LogP contribution in [0.1, 0.15) is 19.2 Å². The van der Waals surface area contributed by atoms with Gasteiger partial charge in [0.2, 0.25) is 11.7 Å². The van der Waals surface area contributed by atoms with Gasteiger partial charge in [-0.1, -0.05) is 12.1 Å². The van der Waals surface area contributed by atoms with E-state index in [4.69, 9.17) is 9.63 Å². The molecule has 2 rings (SSSR count). The molecule has 0 saturated heterocycles. The van der Waals surface area contributed by atoms with Gasteiger partial charge < -0.3 is 9.63 Å². The number of hydrogen-bond acceptors (Lipinski definition) is 5. The Balaban J connectivity index is 2.02. The maximum atomic E-state index is 12.8. The molecule has 0 aliphatic carbocycles. The smallest absolute Gasteiger partial charge is 0.316 e. The number of aliphatic carboxylic acids is 1. The van der Waals surface area contributed by atoms with Crippen LogP contribution in [-0.4, -0.2) is 26.5 Å². The van der Waals surface area contributed by atoms with E-state index in [1.54, 1.807) is 12.1 Å². The summed E-state index contributed by atoms with van der Waals surface area (Å²) in [5, 5.41) is 12.2. The third kappa shape index (κ3) is 3.57. The van der Waals surface area contributed by atoms with Gasteiger partial charge in [0.05, 0.1) is 5.75 Å². The number of benzene rings is 1. The van der Waals surface area contributed by atoms with Gasteiger partial charge in [0, 0.05) is 5.56 Å². The Morgan fingerprint density at radius 2 is 2.15 bits per heavy atom. The number of halogens is 1. The van der Waals surface area contributed by atoms with Crippen molar-refractivity contribution in [1.82, 2.24) is 10.1 Å². The number of nitrogens with zero attached hydrogens (tertiary/aromatic N) is 2. The van der Waals surface area contributed by atoms with E-state index in [0.29, 0.717) is 29.5 Å². The summed E-state index contributed by atoms with van der Waals surface area (Å²) in [5.41, 5.74) is 0.650. The standard InChI is InChI=1S/C13H13FN2O3S/c1-2-10(13(17)18)20-7-11-15-12(16-19-11)8-3-5-9(14)6-4-8/h3-6,10H,2,7H2,1H3,(H,17,18). The molecule has 0 aliphatic heterocycles. The van der Waals surface area contributed by atoms with Crippen LogP contribution in [0.4, 0.5) is 4.39 Å². The summed E-state index contributed by atoms with van der Waals surface area (Å²) >= 11 is 1.24. The molecule has 1 N–H and O–H groups in total. The van der Waals surface area contributed by atoms with Crippen molar-refractivity contribution in [2.45, 2.75) is 24.3 Å². The molecule has 0 fully saturated rings. The van der Waals surface area contributed by atoms with Crippen LogP contribution in [0.3, 0.4) is 0 Å². The summed E-state index contributed by atoms with van der Waals surface area (Å²) < 4.78 is 17.9. The summed E-state index contributed by atoms with van der Waals surface area (Å²) in [4.78, 5) is 15.0. The molecular formula is C13H13FN2O3S. The highest BCUT2D eigenvalue weighted by Gasteiger charge is 2.17. The fourth-order valence-corrected chi connectivity index (χ4v) is 2.40. The molecule has 20 heavy (non-hydrogen) atoms. The van der Waals surface area contributed by atoms with Crippen LogP contribution in [-0.2, 0) is 10.5 Å². The third-order valence-corrected chi connectivity index (χ3v) is 3.98. The van der Waals surface area contributed by atoms with Gasteiger partial charge in [0.1, 0.15) is 11.1 Å². The third-order valence-electron chi connectivity index (χ3n) is 2.62. The summed E-state index contributed by atoms with van der Waals surface area (Å²) in [6, 6.07) is 5.75. The molecule has 0 aliphatic rings. The van der Waals surface area contributed by atoms with Crippen molar-refractivity contribution in [3.63, 3.8) is 0 Å². The van der Waals surface area contributed by atoms with Crippen LogP contribution < -0.4 is 0 Å². The molecule has 1 aromatic carbocycles. The number of hydrogen-bond donors (Lipinski definition) is 1. The fourth-order valence-electron chi connectivity index (χ4n) is 1.57. The average Bonchev–Trinajstić information content (AvgIpc) is 2.89. The monoisotopic (exact) mass is 296 g/mol. The first kappa shape index (κ1) is 14.5. The zero-order chi connectivity index (χ0) is 14.5. The van der Waals surface area contributed by atoms with E-state index in [1.807, 2.05) is 6.92 Å². The van der Waals surface area contributed by atoms with Gasteiger partial charge in [0.25, 0.3) is 0 Å². The second-order valence-electron chi connectivity index (χ2n) is 4.06. The lowest BCUT2D eigenvalue weighted by atomic mass is 10.2. The second-order valence-corrected chi connectivity index (χ2v) is 5.26. The Labute approximate surface area is 119 Å². The van der Waals surface area contributed by atoms with Gasteiger partial charge >= 0.3 is 5.97 Å². The highest BCUT2D eigenvalue weighted by atomic mass is 32.2. The average molecular weight is 296 g/mol. The van der Waals surface area contributed by atoms with Gasteiger partial charge in [-0.3, -0.25) is 4.79 Å². The number of carboxylic acids is 1. The van der Waals surface area contributed by atoms with E-state index < -0.39 is 11.2 Å². The Bertz CT molecular complexity index is 586. The predicted octanol–water partition coefficient (Wildman–Crippen LogP) is 2.97. The van der Waals surface area contributed by atoms with Crippen molar-refractivity contribution in [1.29, 1.82) is 0 Å². The van der Waals surface area contributed by atoms with Crippen LogP contribution in [0.25, 0.3) is 11.4 Å². The van der Waals surface area contributed by atoms with E-state index in [-0.39, 0.29) is 5.82 Å². The van der Waals surface area contributed by atoms with Crippen molar-refractivity contribution in [2.24, 2.45) is 0 Å². The zero-order valence-electron chi connectivity index (χ0n) is 10.7. The van der Waals surface area contributed by atoms with Crippen LogP contribution in [0.15, 0.2) is 28.8 Å². The number of aromatic nitrogens is 2. The topological polar surface area (TPSA) is 76.2 Å². The van der Waals surface area contributed by atoms with Crippen LogP contribution in [0.2, 0.25) is 0 Å². The second kappa shape index (κ2) is 6.51. The Morgan fingerprint density at radius 1 is 1.45 bits per heavy atom. The van der Waals surface area contributed by atoms with E-state index in [9.17, 15) is 9.18 Å². The number of carboxylic acid groups (broad SMARTS) is 1. The minimum Gasteiger partial charge on any atom is -0.480 e. The Morgan fingerprint density at radius 3 is 2.75 bits per heavy atom. The highest BCUT2D eigenvalue weighted by molar-refractivity contribution is 7.99. The summed E-state index contributed by atoms with van der Waals surface area (Å²) in [5.74, 6) is -0.132. The molecule has 1 atom stereocenters. The molecule has 1 aromatic heterocycles.